The van der Waals surface area contributed by atoms with E-state index in [1.54, 1.807) is 63.2 Å². The molecule has 0 aromatic heterocycles. The number of carbonyl (C=O) groups excluding carboxylic acids is 2. The molecule has 1 atom stereocenters. The molecule has 2 N–H and O–H groups in total. The third kappa shape index (κ3) is 8.00. The van der Waals surface area contributed by atoms with Crippen molar-refractivity contribution in [3.05, 3.63) is 89.0 Å². The zero-order chi connectivity index (χ0) is 33.2. The number of sulfonamides is 1. The van der Waals surface area contributed by atoms with Gasteiger partial charge in [0.15, 0.2) is 0 Å². The molecule has 0 fully saturated rings. The molecule has 0 radical (unpaired) electrons. The van der Waals surface area contributed by atoms with E-state index in [0.29, 0.717) is 17.0 Å². The summed E-state index contributed by atoms with van der Waals surface area (Å²) < 4.78 is 44.3. The Kier molecular flexibility index (Phi) is 9.59. The van der Waals surface area contributed by atoms with Gasteiger partial charge in [-0.15, -0.1) is 0 Å². The van der Waals surface area contributed by atoms with E-state index < -0.39 is 45.1 Å². The highest BCUT2D eigenvalue weighted by Crippen LogP contribution is 2.32. The minimum atomic E-state index is -4.16. The number of methoxy groups -OCH3 is 1. The lowest BCUT2D eigenvalue weighted by Crippen LogP contribution is -2.48. The summed E-state index contributed by atoms with van der Waals surface area (Å²) in [6, 6.07) is 16.3. The molecule has 0 aliphatic carbocycles. The number of aliphatic carboxylic acids is 1. The molecule has 1 aliphatic rings. The molecule has 0 saturated carbocycles. The fourth-order valence-electron chi connectivity index (χ4n) is 4.86. The molecule has 0 spiro atoms. The average Bonchev–Trinajstić information content (AvgIpc) is 2.98. The Balaban J connectivity index is 1.42. The van der Waals surface area contributed by atoms with Crippen LogP contribution in [0.4, 0.5) is 10.5 Å². The van der Waals surface area contributed by atoms with Crippen molar-refractivity contribution in [2.75, 3.05) is 19.0 Å². The molecule has 0 saturated heterocycles. The molecule has 1 heterocycles. The van der Waals surface area contributed by atoms with Gasteiger partial charge < -0.3 is 19.3 Å². The van der Waals surface area contributed by atoms with Crippen LogP contribution in [0.1, 0.15) is 61.7 Å². The number of rotatable bonds is 9. The summed E-state index contributed by atoms with van der Waals surface area (Å²) >= 11 is 0. The molecule has 11 nitrogen and oxygen atoms in total. The van der Waals surface area contributed by atoms with Gasteiger partial charge in [-0.3, -0.25) is 10.1 Å². The van der Waals surface area contributed by atoms with Crippen LogP contribution in [0.2, 0.25) is 0 Å². The van der Waals surface area contributed by atoms with Crippen molar-refractivity contribution in [3.8, 4) is 5.75 Å². The number of carboxylic acid groups (broad SMARTS) is 1. The summed E-state index contributed by atoms with van der Waals surface area (Å²) in [5.74, 6) is -1.22. The smallest absolute Gasteiger partial charge is 0.412 e. The number of ether oxygens (including phenoxy) is 3. The minimum Gasteiger partial charge on any atom is -0.497 e. The zero-order valence-electron chi connectivity index (χ0n) is 26.1. The van der Waals surface area contributed by atoms with Gasteiger partial charge in [0.25, 0.3) is 0 Å². The van der Waals surface area contributed by atoms with Gasteiger partial charge in [-0.25, -0.2) is 18.0 Å². The van der Waals surface area contributed by atoms with E-state index in [0.717, 1.165) is 15.4 Å². The van der Waals surface area contributed by atoms with Gasteiger partial charge in [0, 0.05) is 24.1 Å². The summed E-state index contributed by atoms with van der Waals surface area (Å²) in [5.41, 5.74) is 1.59. The van der Waals surface area contributed by atoms with Crippen LogP contribution in [0.5, 0.6) is 5.75 Å². The third-order valence-corrected chi connectivity index (χ3v) is 9.23. The van der Waals surface area contributed by atoms with Gasteiger partial charge in [-0.2, -0.15) is 4.31 Å². The molecule has 4 rings (SSSR count). The number of amides is 1. The number of anilines is 1. The Hall–Kier alpha value is -4.42. The fourth-order valence-corrected chi connectivity index (χ4v) is 6.42. The predicted molar refractivity (Wildman–Crippen MR) is 167 cm³/mol. The normalized spacial score (nSPS) is 15.5. The van der Waals surface area contributed by atoms with Crippen LogP contribution in [-0.4, -0.2) is 61.2 Å². The van der Waals surface area contributed by atoms with Crippen molar-refractivity contribution in [1.29, 1.82) is 0 Å². The van der Waals surface area contributed by atoms with Crippen LogP contribution < -0.4 is 10.1 Å². The summed E-state index contributed by atoms with van der Waals surface area (Å²) in [4.78, 5) is 36.8. The molecule has 12 heteroatoms. The van der Waals surface area contributed by atoms with Crippen molar-refractivity contribution in [2.24, 2.45) is 0 Å². The molecule has 3 aromatic rings. The van der Waals surface area contributed by atoms with Gasteiger partial charge in [0.2, 0.25) is 10.0 Å². The summed E-state index contributed by atoms with van der Waals surface area (Å²) in [6.45, 7) is 8.90. The zero-order valence-corrected chi connectivity index (χ0v) is 26.9. The largest absolute Gasteiger partial charge is 0.497 e. The third-order valence-electron chi connectivity index (χ3n) is 7.36. The van der Waals surface area contributed by atoms with Crippen LogP contribution in [-0.2, 0) is 42.7 Å². The Morgan fingerprint density at radius 2 is 1.58 bits per heavy atom. The second-order valence-corrected chi connectivity index (χ2v) is 14.3. The first-order chi connectivity index (χ1) is 21.0. The topological polar surface area (TPSA) is 149 Å². The van der Waals surface area contributed by atoms with Crippen LogP contribution in [0.3, 0.4) is 0 Å². The van der Waals surface area contributed by atoms with Crippen LogP contribution >= 0.6 is 0 Å². The van der Waals surface area contributed by atoms with Gasteiger partial charge in [-0.05, 0) is 86.0 Å². The van der Waals surface area contributed by atoms with E-state index >= 15 is 0 Å². The molecule has 3 aromatic carbocycles. The maximum Gasteiger partial charge on any atom is 0.412 e. The second kappa shape index (κ2) is 12.9. The standard InChI is InChI=1S/C33H38N2O9S/c1-32(2,3)44-31(39)34-25-12-7-21(8-13-25)30(38)43-20-33(4,5)24-10-15-27(16-11-24)45(40,41)35-19-22-9-14-26(42-6)17-23(22)18-28(35)29(36)37/h7-17,28H,18-20H2,1-6H3,(H,34,39)(H,36,37). The van der Waals surface area contributed by atoms with Crippen molar-refractivity contribution in [1.82, 2.24) is 4.31 Å². The first kappa shape index (κ1) is 33.5. The molecule has 1 amide bonds. The number of carboxylic acids is 1. The number of benzene rings is 3. The van der Waals surface area contributed by atoms with Crippen molar-refractivity contribution in [3.63, 3.8) is 0 Å². The van der Waals surface area contributed by atoms with Gasteiger partial charge in [0.05, 0.1) is 17.6 Å². The maximum absolute atomic E-state index is 13.7. The maximum atomic E-state index is 13.7. The minimum absolute atomic E-state index is 0.00327. The van der Waals surface area contributed by atoms with E-state index in [9.17, 15) is 27.9 Å². The predicted octanol–water partition coefficient (Wildman–Crippen LogP) is 5.38. The van der Waals surface area contributed by atoms with Crippen LogP contribution in [0, 0.1) is 0 Å². The Bertz CT molecular complexity index is 1680. The van der Waals surface area contributed by atoms with Gasteiger partial charge in [-0.1, -0.05) is 32.0 Å². The van der Waals surface area contributed by atoms with Crippen molar-refractivity contribution >= 4 is 33.7 Å². The van der Waals surface area contributed by atoms with Crippen molar-refractivity contribution < 1.29 is 42.1 Å². The molecule has 45 heavy (non-hydrogen) atoms. The molecule has 1 unspecified atom stereocenters. The molecular formula is C33H38N2O9S. The lowest BCUT2D eigenvalue weighted by molar-refractivity contribution is -0.141. The lowest BCUT2D eigenvalue weighted by Gasteiger charge is -2.33. The highest BCUT2D eigenvalue weighted by atomic mass is 32.2. The Labute approximate surface area is 263 Å². The van der Waals surface area contributed by atoms with E-state index in [4.69, 9.17) is 14.2 Å². The molecular weight excluding hydrogens is 600 g/mol. The highest BCUT2D eigenvalue weighted by Gasteiger charge is 2.40. The number of nitrogens with one attached hydrogen (secondary N) is 1. The van der Waals surface area contributed by atoms with Crippen LogP contribution in [0.25, 0.3) is 0 Å². The summed E-state index contributed by atoms with van der Waals surface area (Å²) in [7, 11) is -2.64. The summed E-state index contributed by atoms with van der Waals surface area (Å²) in [5, 5.41) is 12.5. The van der Waals surface area contributed by atoms with E-state index in [1.165, 1.54) is 31.4 Å². The van der Waals surface area contributed by atoms with Crippen molar-refractivity contribution in [2.45, 2.75) is 69.5 Å². The highest BCUT2D eigenvalue weighted by molar-refractivity contribution is 7.89. The molecule has 240 valence electrons. The monoisotopic (exact) mass is 638 g/mol. The number of esters is 1. The number of hydrogen-bond acceptors (Lipinski definition) is 8. The number of carbonyl (C=O) groups is 3. The Morgan fingerprint density at radius 3 is 2.16 bits per heavy atom. The average molecular weight is 639 g/mol. The quantitative estimate of drug-likeness (QED) is 0.295. The number of nitrogens with zero attached hydrogens (tertiary/aromatic N) is 1. The van der Waals surface area contributed by atoms with Gasteiger partial charge >= 0.3 is 18.0 Å². The molecule has 1 aliphatic heterocycles. The first-order valence-electron chi connectivity index (χ1n) is 14.3. The van der Waals surface area contributed by atoms with Crippen LogP contribution in [0.15, 0.2) is 71.6 Å². The second-order valence-electron chi connectivity index (χ2n) is 12.4. The number of fused-ring (bicyclic) bond motifs is 1. The Morgan fingerprint density at radius 1 is 0.933 bits per heavy atom. The first-order valence-corrected chi connectivity index (χ1v) is 15.7. The SMILES string of the molecule is COc1ccc2c(c1)CC(C(=O)O)N(S(=O)(=O)c1ccc(C(C)(C)COC(=O)c3ccc(NC(=O)OC(C)(C)C)cc3)cc1)C2. The van der Waals surface area contributed by atoms with E-state index in [1.807, 2.05) is 13.8 Å². The summed E-state index contributed by atoms with van der Waals surface area (Å²) in [6.07, 6.45) is -0.594. The lowest BCUT2D eigenvalue weighted by atomic mass is 9.86. The van der Waals surface area contributed by atoms with E-state index in [-0.39, 0.29) is 30.0 Å². The van der Waals surface area contributed by atoms with Gasteiger partial charge in [0.1, 0.15) is 24.0 Å². The molecule has 0 bridgehead atoms. The van der Waals surface area contributed by atoms with E-state index in [2.05, 4.69) is 5.32 Å². The number of hydrogen-bond donors (Lipinski definition) is 2. The fraction of sp³-hybridized carbons (Fsp3) is 0.364.